The van der Waals surface area contributed by atoms with E-state index in [2.05, 4.69) is 15.6 Å². The Labute approximate surface area is 168 Å². The van der Waals surface area contributed by atoms with E-state index >= 15 is 0 Å². The lowest BCUT2D eigenvalue weighted by Gasteiger charge is -2.12. The van der Waals surface area contributed by atoms with Gasteiger partial charge in [-0.25, -0.2) is 4.98 Å². The molecule has 0 fully saturated rings. The number of ether oxygens (including phenoxy) is 2. The molecule has 7 heteroatoms. The van der Waals surface area contributed by atoms with Crippen LogP contribution in [0.2, 0.25) is 5.02 Å². The van der Waals surface area contributed by atoms with Gasteiger partial charge in [-0.1, -0.05) is 23.7 Å². The second kappa shape index (κ2) is 9.10. The summed E-state index contributed by atoms with van der Waals surface area (Å²) in [7, 11) is 3.10. The van der Waals surface area contributed by atoms with Crippen LogP contribution in [0.5, 0.6) is 11.5 Å². The fraction of sp³-hybridized carbons (Fsp3) is 0.143. The maximum atomic E-state index is 12.5. The van der Waals surface area contributed by atoms with E-state index < -0.39 is 0 Å². The first kappa shape index (κ1) is 19.5. The lowest BCUT2D eigenvalue weighted by molar-refractivity contribution is 0.102. The standard InChI is InChI=1S/C21H20ClN3O3/c1-27-17-8-9-19(28-2)18(11-17)25-21(26)15-5-10-20(24-13-15)23-12-14-3-6-16(22)7-4-14/h3-11,13H,12H2,1-2H3,(H,23,24)(H,25,26). The molecule has 0 saturated carbocycles. The monoisotopic (exact) mass is 397 g/mol. The van der Waals surface area contributed by atoms with Crippen LogP contribution in [0.3, 0.4) is 0 Å². The van der Waals surface area contributed by atoms with Crippen molar-refractivity contribution < 1.29 is 14.3 Å². The molecule has 0 aliphatic rings. The normalized spacial score (nSPS) is 10.2. The van der Waals surface area contributed by atoms with Gasteiger partial charge in [0.2, 0.25) is 0 Å². The van der Waals surface area contributed by atoms with Gasteiger partial charge in [0, 0.05) is 23.8 Å². The zero-order chi connectivity index (χ0) is 19.9. The molecule has 0 radical (unpaired) electrons. The van der Waals surface area contributed by atoms with Gasteiger partial charge >= 0.3 is 0 Å². The van der Waals surface area contributed by atoms with Crippen molar-refractivity contribution in [1.29, 1.82) is 0 Å². The third kappa shape index (κ3) is 4.92. The molecule has 0 aliphatic heterocycles. The molecule has 3 rings (SSSR count). The van der Waals surface area contributed by atoms with Crippen LogP contribution in [-0.2, 0) is 6.54 Å². The topological polar surface area (TPSA) is 72.5 Å². The van der Waals surface area contributed by atoms with Crippen molar-refractivity contribution in [3.63, 3.8) is 0 Å². The van der Waals surface area contributed by atoms with Crippen LogP contribution >= 0.6 is 11.6 Å². The Hall–Kier alpha value is -3.25. The minimum atomic E-state index is -0.289. The molecule has 0 spiro atoms. The lowest BCUT2D eigenvalue weighted by atomic mass is 10.2. The molecule has 2 aromatic carbocycles. The van der Waals surface area contributed by atoms with Crippen molar-refractivity contribution in [2.45, 2.75) is 6.54 Å². The minimum absolute atomic E-state index is 0.289. The highest BCUT2D eigenvalue weighted by Gasteiger charge is 2.11. The van der Waals surface area contributed by atoms with Crippen molar-refractivity contribution in [3.8, 4) is 11.5 Å². The van der Waals surface area contributed by atoms with Gasteiger partial charge in [-0.2, -0.15) is 0 Å². The molecule has 1 heterocycles. The average Bonchev–Trinajstić information content (AvgIpc) is 2.73. The van der Waals surface area contributed by atoms with Crippen molar-refractivity contribution in [2.24, 2.45) is 0 Å². The Morgan fingerprint density at radius 3 is 2.46 bits per heavy atom. The van der Waals surface area contributed by atoms with E-state index in [1.807, 2.05) is 24.3 Å². The van der Waals surface area contributed by atoms with Gasteiger partial charge in [-0.05, 0) is 42.0 Å². The smallest absolute Gasteiger partial charge is 0.257 e. The van der Waals surface area contributed by atoms with Crippen LogP contribution in [0, 0.1) is 0 Å². The van der Waals surface area contributed by atoms with Crippen LogP contribution < -0.4 is 20.1 Å². The molecule has 6 nitrogen and oxygen atoms in total. The summed E-state index contributed by atoms with van der Waals surface area (Å²) in [6, 6.07) is 16.2. The molecule has 0 bridgehead atoms. The fourth-order valence-electron chi connectivity index (χ4n) is 2.53. The number of carbonyl (C=O) groups is 1. The highest BCUT2D eigenvalue weighted by atomic mass is 35.5. The molecule has 1 amide bonds. The summed E-state index contributed by atoms with van der Waals surface area (Å²) >= 11 is 5.88. The number of pyridine rings is 1. The molecule has 0 unspecified atom stereocenters. The second-order valence-corrected chi connectivity index (χ2v) is 6.37. The number of nitrogens with zero attached hydrogens (tertiary/aromatic N) is 1. The van der Waals surface area contributed by atoms with Crippen LogP contribution in [0.4, 0.5) is 11.5 Å². The zero-order valence-electron chi connectivity index (χ0n) is 15.5. The highest BCUT2D eigenvalue weighted by molar-refractivity contribution is 6.30. The first-order valence-corrected chi connectivity index (χ1v) is 8.94. The van der Waals surface area contributed by atoms with Crippen LogP contribution in [0.15, 0.2) is 60.8 Å². The summed E-state index contributed by atoms with van der Waals surface area (Å²) in [5, 5.41) is 6.72. The molecule has 144 valence electrons. The van der Waals surface area contributed by atoms with Crippen molar-refractivity contribution in [2.75, 3.05) is 24.9 Å². The predicted octanol–water partition coefficient (Wildman–Crippen LogP) is 4.62. The number of amides is 1. The van der Waals surface area contributed by atoms with Gasteiger partial charge in [0.15, 0.2) is 0 Å². The van der Waals surface area contributed by atoms with Crippen molar-refractivity contribution >= 4 is 29.0 Å². The van der Waals surface area contributed by atoms with E-state index in [9.17, 15) is 4.79 Å². The Balaban J connectivity index is 1.64. The van der Waals surface area contributed by atoms with Crippen molar-refractivity contribution in [1.82, 2.24) is 4.98 Å². The van der Waals surface area contributed by atoms with Gasteiger partial charge in [0.25, 0.3) is 5.91 Å². The first-order valence-electron chi connectivity index (χ1n) is 8.57. The number of aromatic nitrogens is 1. The molecular weight excluding hydrogens is 378 g/mol. The molecule has 3 aromatic rings. The molecule has 28 heavy (non-hydrogen) atoms. The highest BCUT2D eigenvalue weighted by Crippen LogP contribution is 2.29. The van der Waals surface area contributed by atoms with E-state index in [0.29, 0.717) is 40.1 Å². The maximum Gasteiger partial charge on any atom is 0.257 e. The number of carbonyl (C=O) groups excluding carboxylic acids is 1. The van der Waals surface area contributed by atoms with Crippen LogP contribution in [0.1, 0.15) is 15.9 Å². The van der Waals surface area contributed by atoms with Gasteiger partial charge in [-0.15, -0.1) is 0 Å². The summed E-state index contributed by atoms with van der Waals surface area (Å²) in [6.45, 7) is 0.608. The quantitative estimate of drug-likeness (QED) is 0.608. The fourth-order valence-corrected chi connectivity index (χ4v) is 2.66. The molecule has 1 aromatic heterocycles. The number of nitrogens with one attached hydrogen (secondary N) is 2. The first-order chi connectivity index (χ1) is 13.6. The summed E-state index contributed by atoms with van der Waals surface area (Å²) < 4.78 is 10.5. The third-order valence-electron chi connectivity index (χ3n) is 4.07. The van der Waals surface area contributed by atoms with Crippen LogP contribution in [-0.4, -0.2) is 25.1 Å². The minimum Gasteiger partial charge on any atom is -0.497 e. The average molecular weight is 398 g/mol. The summed E-state index contributed by atoms with van der Waals surface area (Å²) in [4.78, 5) is 16.8. The van der Waals surface area contributed by atoms with E-state index in [1.54, 1.807) is 44.6 Å². The Morgan fingerprint density at radius 1 is 1.04 bits per heavy atom. The van der Waals surface area contributed by atoms with E-state index in [1.165, 1.54) is 6.20 Å². The van der Waals surface area contributed by atoms with Crippen LogP contribution in [0.25, 0.3) is 0 Å². The molecule has 0 aliphatic carbocycles. The van der Waals surface area contributed by atoms with Gasteiger partial charge < -0.3 is 20.1 Å². The Bertz CT molecular complexity index is 944. The molecule has 0 saturated heterocycles. The Kier molecular flexibility index (Phi) is 6.34. The SMILES string of the molecule is COc1ccc(OC)c(NC(=O)c2ccc(NCc3ccc(Cl)cc3)nc2)c1. The van der Waals surface area contributed by atoms with E-state index in [-0.39, 0.29) is 5.91 Å². The molecule has 2 N–H and O–H groups in total. The van der Waals surface area contributed by atoms with E-state index in [0.717, 1.165) is 5.56 Å². The number of methoxy groups -OCH3 is 2. The summed E-state index contributed by atoms with van der Waals surface area (Å²) in [6.07, 6.45) is 1.52. The molecular formula is C21H20ClN3O3. The van der Waals surface area contributed by atoms with Gasteiger partial charge in [0.1, 0.15) is 17.3 Å². The van der Waals surface area contributed by atoms with Crippen molar-refractivity contribution in [3.05, 3.63) is 76.9 Å². The summed E-state index contributed by atoms with van der Waals surface area (Å²) in [5.74, 6) is 1.55. The summed E-state index contributed by atoms with van der Waals surface area (Å²) in [5.41, 5.74) is 2.04. The Morgan fingerprint density at radius 2 is 1.82 bits per heavy atom. The zero-order valence-corrected chi connectivity index (χ0v) is 16.3. The lowest BCUT2D eigenvalue weighted by Crippen LogP contribution is -2.13. The second-order valence-electron chi connectivity index (χ2n) is 5.93. The maximum absolute atomic E-state index is 12.5. The number of benzene rings is 2. The number of hydrogen-bond acceptors (Lipinski definition) is 5. The van der Waals surface area contributed by atoms with Gasteiger partial charge in [-0.3, -0.25) is 4.79 Å². The number of halogens is 1. The van der Waals surface area contributed by atoms with Gasteiger partial charge in [0.05, 0.1) is 25.5 Å². The number of anilines is 2. The number of hydrogen-bond donors (Lipinski definition) is 2. The predicted molar refractivity (Wildman–Crippen MR) is 111 cm³/mol. The van der Waals surface area contributed by atoms with E-state index in [4.69, 9.17) is 21.1 Å². The molecule has 0 atom stereocenters. The number of rotatable bonds is 7. The largest absolute Gasteiger partial charge is 0.497 e. The third-order valence-corrected chi connectivity index (χ3v) is 4.32.